The molecule has 0 aromatic carbocycles. The second-order valence-corrected chi connectivity index (χ2v) is 3.49. The summed E-state index contributed by atoms with van der Waals surface area (Å²) in [6.07, 6.45) is 1.83. The van der Waals surface area contributed by atoms with Crippen LogP contribution >= 0.6 is 0 Å². The predicted molar refractivity (Wildman–Crippen MR) is 44.3 cm³/mol. The monoisotopic (exact) mass is 133 g/mol. The Hall–Kier alpha value is -0.655. The summed E-state index contributed by atoms with van der Waals surface area (Å²) in [6, 6.07) is 2.06. The van der Waals surface area contributed by atoms with Crippen LogP contribution in [0.25, 0.3) is 0 Å². The van der Waals surface area contributed by atoms with Crippen molar-refractivity contribution in [3.63, 3.8) is 0 Å². The normalized spacial score (nSPS) is 11.1. The first-order chi connectivity index (χ1) is 4.61. The van der Waals surface area contributed by atoms with Crippen LogP contribution in [0, 0.1) is 0 Å². The van der Waals surface area contributed by atoms with Gasteiger partial charge in [-0.05, 0) is 0 Å². The summed E-state index contributed by atoms with van der Waals surface area (Å²) < 4.78 is 0. The van der Waals surface area contributed by atoms with Gasteiger partial charge >= 0.3 is 61.9 Å². The van der Waals surface area contributed by atoms with E-state index in [2.05, 4.69) is 37.7 Å². The van der Waals surface area contributed by atoms with E-state index in [0.717, 1.165) is 0 Å². The molecule has 1 rings (SSSR count). The molecule has 0 amide bonds. The van der Waals surface area contributed by atoms with Crippen LogP contribution in [-0.4, -0.2) is 11.9 Å². The minimum absolute atomic E-state index is 0.253. The Morgan fingerprint density at radius 1 is 1.40 bits per heavy atom. The molecule has 0 radical (unpaired) electrons. The summed E-state index contributed by atoms with van der Waals surface area (Å²) in [5, 5.41) is 0. The van der Waals surface area contributed by atoms with Gasteiger partial charge in [-0.25, -0.2) is 0 Å². The van der Waals surface area contributed by atoms with Crippen molar-refractivity contribution >= 4 is 7.05 Å². The molecule has 0 spiro atoms. The molecule has 0 aliphatic rings. The molecule has 0 unspecified atom stereocenters. The van der Waals surface area contributed by atoms with Gasteiger partial charge in [0.2, 0.25) is 0 Å². The molecule has 1 aromatic heterocycles. The quantitative estimate of drug-likeness (QED) is 0.525. The maximum atomic E-state index is 3.96. The van der Waals surface area contributed by atoms with Crippen molar-refractivity contribution in [3.8, 4) is 0 Å². The summed E-state index contributed by atoms with van der Waals surface area (Å²) in [4.78, 5) is 3.96. The molecule has 0 saturated carbocycles. The topological polar surface area (TPSA) is 12.9 Å². The molecular weight excluding hydrogens is 121 g/mol. The van der Waals surface area contributed by atoms with Gasteiger partial charge in [-0.2, -0.15) is 0 Å². The van der Waals surface area contributed by atoms with Gasteiger partial charge in [-0.1, -0.05) is 0 Å². The molecule has 10 heavy (non-hydrogen) atoms. The van der Waals surface area contributed by atoms with Crippen LogP contribution in [0.4, 0.5) is 0 Å². The van der Waals surface area contributed by atoms with Gasteiger partial charge in [-0.3, -0.25) is 0 Å². The molecule has 52 valence electrons. The molecule has 0 bridgehead atoms. The SMILES string of the molecule is CC(C)(C)c1cbncc1. The van der Waals surface area contributed by atoms with Crippen LogP contribution in [0.15, 0.2) is 18.2 Å². The van der Waals surface area contributed by atoms with Crippen LogP contribution in [0.5, 0.6) is 0 Å². The fourth-order valence-electron chi connectivity index (χ4n) is 0.852. The molecule has 0 aliphatic carbocycles. The third-order valence-electron chi connectivity index (χ3n) is 1.55. The number of rotatable bonds is 0. The Balaban J connectivity index is 2.97. The standard InChI is InChI=1S/C8H12BN/c1-8(2,3)7-4-5-10-9-6-7/h4-6H,1-3H3. The zero-order chi connectivity index (χ0) is 7.61. The van der Waals surface area contributed by atoms with E-state index in [1.165, 1.54) is 5.56 Å². The number of nitrogens with zero attached hydrogens (tertiary/aromatic N) is 1. The first kappa shape index (κ1) is 7.45. The molecule has 0 saturated heterocycles. The van der Waals surface area contributed by atoms with E-state index in [4.69, 9.17) is 0 Å². The molecule has 0 N–H and O–H groups in total. The number of hydrogen-bond donors (Lipinski definition) is 0. The van der Waals surface area contributed by atoms with Crippen LogP contribution in [0.1, 0.15) is 26.3 Å². The van der Waals surface area contributed by atoms with Gasteiger partial charge in [0.05, 0.1) is 0 Å². The average Bonchev–Trinajstić information content (AvgIpc) is 1.88. The second kappa shape index (κ2) is 2.53. The van der Waals surface area contributed by atoms with Gasteiger partial charge in [0.25, 0.3) is 0 Å². The summed E-state index contributed by atoms with van der Waals surface area (Å²) >= 11 is 0. The zero-order valence-corrected chi connectivity index (χ0v) is 6.76. The Morgan fingerprint density at radius 3 is 2.40 bits per heavy atom. The molecule has 1 nitrogen and oxygen atoms in total. The van der Waals surface area contributed by atoms with Gasteiger partial charge in [0.1, 0.15) is 0 Å². The van der Waals surface area contributed by atoms with Crippen molar-refractivity contribution < 1.29 is 0 Å². The summed E-state index contributed by atoms with van der Waals surface area (Å²) in [6.45, 7) is 6.59. The first-order valence-electron chi connectivity index (χ1n) is 3.51. The van der Waals surface area contributed by atoms with Crippen LogP contribution in [-0.2, 0) is 5.41 Å². The van der Waals surface area contributed by atoms with Gasteiger partial charge < -0.3 is 0 Å². The number of hydrogen-bond acceptors (Lipinski definition) is 1. The summed E-state index contributed by atoms with van der Waals surface area (Å²) in [5.41, 5.74) is 1.59. The van der Waals surface area contributed by atoms with E-state index in [0.29, 0.717) is 0 Å². The molecule has 0 aliphatic heterocycles. The fourth-order valence-corrected chi connectivity index (χ4v) is 0.852. The maximum absolute atomic E-state index is 3.96. The van der Waals surface area contributed by atoms with E-state index in [9.17, 15) is 0 Å². The Bertz CT molecular complexity index is 200. The van der Waals surface area contributed by atoms with Crippen LogP contribution in [0.3, 0.4) is 0 Å². The fraction of sp³-hybridized carbons (Fsp3) is 0.500. The third kappa shape index (κ3) is 1.66. The van der Waals surface area contributed by atoms with Crippen molar-refractivity contribution in [3.05, 3.63) is 23.8 Å². The molecule has 1 aromatic rings. The van der Waals surface area contributed by atoms with Gasteiger partial charge in [0, 0.05) is 0 Å². The number of aromatic nitrogens is 1. The minimum atomic E-state index is 0.253. The van der Waals surface area contributed by atoms with E-state index in [1.54, 1.807) is 0 Å². The summed E-state index contributed by atoms with van der Waals surface area (Å²) in [7, 11) is 1.83. The van der Waals surface area contributed by atoms with E-state index < -0.39 is 0 Å². The van der Waals surface area contributed by atoms with E-state index >= 15 is 0 Å². The van der Waals surface area contributed by atoms with Crippen LogP contribution < -0.4 is 0 Å². The van der Waals surface area contributed by atoms with Gasteiger partial charge in [-0.15, -0.1) is 0 Å². The van der Waals surface area contributed by atoms with Gasteiger partial charge in [0.15, 0.2) is 0 Å². The zero-order valence-electron chi connectivity index (χ0n) is 6.76. The van der Waals surface area contributed by atoms with E-state index in [1.807, 2.05) is 13.2 Å². The average molecular weight is 133 g/mol. The first-order valence-corrected chi connectivity index (χ1v) is 3.51. The van der Waals surface area contributed by atoms with Crippen LogP contribution in [0.2, 0.25) is 0 Å². The van der Waals surface area contributed by atoms with Crippen molar-refractivity contribution in [1.29, 1.82) is 0 Å². The molecule has 0 fully saturated rings. The molecule has 0 atom stereocenters. The molecule has 1 heterocycles. The Morgan fingerprint density at radius 2 is 2.10 bits per heavy atom. The summed E-state index contributed by atoms with van der Waals surface area (Å²) in [5.74, 6) is 2.06. The second-order valence-electron chi connectivity index (χ2n) is 3.49. The molecule has 2 heteroatoms. The van der Waals surface area contributed by atoms with Crippen molar-refractivity contribution in [2.75, 3.05) is 0 Å². The van der Waals surface area contributed by atoms with E-state index in [-0.39, 0.29) is 5.41 Å². The van der Waals surface area contributed by atoms with Crippen molar-refractivity contribution in [2.24, 2.45) is 0 Å². The molecular formula is C8H12BN. The van der Waals surface area contributed by atoms with Crippen molar-refractivity contribution in [1.82, 2.24) is 4.89 Å². The third-order valence-corrected chi connectivity index (χ3v) is 1.55. The van der Waals surface area contributed by atoms with Crippen molar-refractivity contribution in [2.45, 2.75) is 26.2 Å². The Labute approximate surface area is 62.7 Å². The Kier molecular flexibility index (Phi) is 1.88. The predicted octanol–water partition coefficient (Wildman–Crippen LogP) is 1.72.